The van der Waals surface area contributed by atoms with Gasteiger partial charge < -0.3 is 24.8 Å². The molecule has 4 atom stereocenters. The van der Waals surface area contributed by atoms with Gasteiger partial charge in [0, 0.05) is 6.07 Å². The van der Waals surface area contributed by atoms with Crippen LogP contribution < -0.4 is 4.74 Å². The molecule has 1 aliphatic heterocycles. The van der Waals surface area contributed by atoms with E-state index in [1.165, 1.54) is 24.3 Å². The van der Waals surface area contributed by atoms with Gasteiger partial charge in [0.25, 0.3) is 0 Å². The van der Waals surface area contributed by atoms with Crippen molar-refractivity contribution in [2.75, 3.05) is 6.61 Å². The fourth-order valence-electron chi connectivity index (χ4n) is 1.85. The van der Waals surface area contributed by atoms with E-state index in [1.807, 2.05) is 0 Å². The third-order valence-electron chi connectivity index (χ3n) is 2.82. The molecule has 1 aliphatic rings. The number of nitrogens with zero attached hydrogens (tertiary/aromatic N) is 1. The predicted molar refractivity (Wildman–Crippen MR) is 61.5 cm³/mol. The molecule has 8 nitrogen and oxygen atoms in total. The number of benzene rings is 1. The minimum Gasteiger partial charge on any atom is -0.475 e. The van der Waals surface area contributed by atoms with Gasteiger partial charge in [0.05, 0.1) is 11.5 Å². The lowest BCUT2D eigenvalue weighted by atomic mass is 10.1. The van der Waals surface area contributed by atoms with E-state index in [9.17, 15) is 20.3 Å². The van der Waals surface area contributed by atoms with Gasteiger partial charge in [-0.15, -0.1) is 0 Å². The summed E-state index contributed by atoms with van der Waals surface area (Å²) in [4.78, 5) is 10.2. The fourth-order valence-corrected chi connectivity index (χ4v) is 1.85. The van der Waals surface area contributed by atoms with E-state index in [2.05, 4.69) is 0 Å². The number of rotatable bonds is 4. The second-order valence-electron chi connectivity index (χ2n) is 4.05. The van der Waals surface area contributed by atoms with Crippen molar-refractivity contribution in [1.29, 1.82) is 0 Å². The molecule has 1 fully saturated rings. The van der Waals surface area contributed by atoms with Gasteiger partial charge in [0.15, 0.2) is 18.1 Å². The van der Waals surface area contributed by atoms with Crippen LogP contribution in [0.15, 0.2) is 24.3 Å². The number of nitro groups is 1. The van der Waals surface area contributed by atoms with Crippen molar-refractivity contribution >= 4 is 5.69 Å². The number of aliphatic hydroxyl groups excluding tert-OH is 3. The summed E-state index contributed by atoms with van der Waals surface area (Å²) in [6.07, 6.45) is -4.92. The summed E-state index contributed by atoms with van der Waals surface area (Å²) >= 11 is 0. The minimum absolute atomic E-state index is 0.0854. The van der Waals surface area contributed by atoms with Crippen LogP contribution in [0.25, 0.3) is 0 Å². The Morgan fingerprint density at radius 3 is 2.63 bits per heavy atom. The van der Waals surface area contributed by atoms with Crippen molar-refractivity contribution in [3.63, 3.8) is 0 Å². The van der Waals surface area contributed by atoms with Gasteiger partial charge in [0.1, 0.15) is 12.2 Å². The van der Waals surface area contributed by atoms with Gasteiger partial charge in [-0.2, -0.15) is 0 Å². The molecule has 1 heterocycles. The molecule has 0 unspecified atom stereocenters. The van der Waals surface area contributed by atoms with E-state index < -0.39 is 36.1 Å². The molecule has 3 N–H and O–H groups in total. The van der Waals surface area contributed by atoms with E-state index in [1.54, 1.807) is 0 Å². The molecule has 0 radical (unpaired) electrons. The number of hydrogen-bond donors (Lipinski definition) is 3. The number of para-hydroxylation sites is 2. The van der Waals surface area contributed by atoms with E-state index >= 15 is 0 Å². The lowest BCUT2D eigenvalue weighted by molar-refractivity contribution is -0.386. The Balaban J connectivity index is 2.20. The smallest absolute Gasteiger partial charge is 0.310 e. The van der Waals surface area contributed by atoms with Crippen LogP contribution in [0, 0.1) is 10.1 Å². The van der Waals surface area contributed by atoms with Crippen molar-refractivity contribution in [2.24, 2.45) is 0 Å². The summed E-state index contributed by atoms with van der Waals surface area (Å²) in [7, 11) is 0. The summed E-state index contributed by atoms with van der Waals surface area (Å²) in [6, 6.07) is 5.59. The van der Waals surface area contributed by atoms with Crippen LogP contribution >= 0.6 is 0 Å². The van der Waals surface area contributed by atoms with Gasteiger partial charge in [-0.25, -0.2) is 0 Å². The molecule has 8 heteroatoms. The topological polar surface area (TPSA) is 122 Å². The zero-order chi connectivity index (χ0) is 14.0. The van der Waals surface area contributed by atoms with Crippen molar-refractivity contribution in [1.82, 2.24) is 0 Å². The zero-order valence-electron chi connectivity index (χ0n) is 9.75. The van der Waals surface area contributed by atoms with Crippen LogP contribution in [0.3, 0.4) is 0 Å². The second-order valence-corrected chi connectivity index (χ2v) is 4.05. The quantitative estimate of drug-likeness (QED) is 0.494. The molecule has 1 aromatic rings. The molecular weight excluding hydrogens is 258 g/mol. The Kier molecular flexibility index (Phi) is 3.96. The standard InChI is InChI=1S/C11H13NO7/c13-5-8-9(14)10(11(15)19-8)18-7-4-2-1-3-6(7)12(16)17/h1-4,8-11,13-15H,5H2/t8-,9-,10+,11+/m0/s1. The van der Waals surface area contributed by atoms with E-state index in [0.29, 0.717) is 0 Å². The van der Waals surface area contributed by atoms with Gasteiger partial charge >= 0.3 is 5.69 Å². The van der Waals surface area contributed by atoms with Crippen LogP contribution in [0.1, 0.15) is 0 Å². The third kappa shape index (κ3) is 2.66. The molecule has 0 bridgehead atoms. The fraction of sp³-hybridized carbons (Fsp3) is 0.455. The zero-order valence-corrected chi connectivity index (χ0v) is 9.75. The van der Waals surface area contributed by atoms with Crippen LogP contribution in [0.2, 0.25) is 0 Å². The van der Waals surface area contributed by atoms with E-state index in [4.69, 9.17) is 14.6 Å². The van der Waals surface area contributed by atoms with Gasteiger partial charge in [-0.3, -0.25) is 10.1 Å². The molecule has 1 saturated heterocycles. The average Bonchev–Trinajstić information content (AvgIpc) is 2.66. The maximum atomic E-state index is 10.8. The van der Waals surface area contributed by atoms with Crippen LogP contribution in [-0.2, 0) is 4.74 Å². The molecule has 0 saturated carbocycles. The Hall–Kier alpha value is -1.74. The van der Waals surface area contributed by atoms with Crippen molar-refractivity contribution in [3.05, 3.63) is 34.4 Å². The van der Waals surface area contributed by atoms with Gasteiger partial charge in [-0.05, 0) is 6.07 Å². The monoisotopic (exact) mass is 271 g/mol. The lowest BCUT2D eigenvalue weighted by Crippen LogP contribution is -2.38. The molecule has 104 valence electrons. The summed E-state index contributed by atoms with van der Waals surface area (Å²) in [6.45, 7) is -0.491. The molecule has 19 heavy (non-hydrogen) atoms. The first-order valence-electron chi connectivity index (χ1n) is 5.57. The normalized spacial score (nSPS) is 30.3. The number of nitro benzene ring substituents is 1. The van der Waals surface area contributed by atoms with Crippen LogP contribution in [0.4, 0.5) is 5.69 Å². The molecule has 0 amide bonds. The molecule has 1 aromatic carbocycles. The highest BCUT2D eigenvalue weighted by Gasteiger charge is 2.45. The predicted octanol–water partition coefficient (Wildman–Crippen LogP) is -0.587. The maximum absolute atomic E-state index is 10.8. The molecule has 2 rings (SSSR count). The highest BCUT2D eigenvalue weighted by atomic mass is 16.7. The van der Waals surface area contributed by atoms with Gasteiger partial charge in [0.2, 0.25) is 0 Å². The highest BCUT2D eigenvalue weighted by Crippen LogP contribution is 2.31. The lowest BCUT2D eigenvalue weighted by Gasteiger charge is -2.18. The van der Waals surface area contributed by atoms with Crippen molar-refractivity contribution < 1.29 is 29.7 Å². The second kappa shape index (κ2) is 5.49. The van der Waals surface area contributed by atoms with Crippen molar-refractivity contribution in [3.8, 4) is 5.75 Å². The Morgan fingerprint density at radius 2 is 2.05 bits per heavy atom. The largest absolute Gasteiger partial charge is 0.475 e. The minimum atomic E-state index is -1.47. The average molecular weight is 271 g/mol. The first-order chi connectivity index (χ1) is 9.04. The van der Waals surface area contributed by atoms with E-state index in [-0.39, 0.29) is 11.4 Å². The number of ether oxygens (including phenoxy) is 2. The molecule has 0 aromatic heterocycles. The Labute approximate surface area is 108 Å². The molecule has 0 aliphatic carbocycles. The summed E-state index contributed by atoms with van der Waals surface area (Å²) in [5.74, 6) is -0.0854. The van der Waals surface area contributed by atoms with Gasteiger partial charge in [-0.1, -0.05) is 12.1 Å². The Bertz CT molecular complexity index is 466. The van der Waals surface area contributed by atoms with E-state index in [0.717, 1.165) is 0 Å². The van der Waals surface area contributed by atoms with Crippen molar-refractivity contribution in [2.45, 2.75) is 24.6 Å². The molecule has 0 spiro atoms. The summed E-state index contributed by atoms with van der Waals surface area (Å²) in [5.41, 5.74) is -0.283. The van der Waals surface area contributed by atoms with Crippen LogP contribution in [-0.4, -0.2) is 51.5 Å². The maximum Gasteiger partial charge on any atom is 0.310 e. The van der Waals surface area contributed by atoms with Crippen LogP contribution in [0.5, 0.6) is 5.75 Å². The summed E-state index contributed by atoms with van der Waals surface area (Å²) in [5, 5.41) is 39.1. The first-order valence-corrected chi connectivity index (χ1v) is 5.57. The number of aliphatic hydroxyl groups is 3. The summed E-state index contributed by atoms with van der Waals surface area (Å²) < 4.78 is 10.1. The SMILES string of the molecule is O=[N+]([O-])c1ccccc1O[C@@H]1[C@@H](O)[C@H](CO)O[C@H]1O. The highest BCUT2D eigenvalue weighted by molar-refractivity contribution is 5.45. The first kappa shape index (κ1) is 13.7. The molecular formula is C11H13NO7. The third-order valence-corrected chi connectivity index (χ3v) is 2.82. The number of hydrogen-bond acceptors (Lipinski definition) is 7. The Morgan fingerprint density at radius 1 is 1.37 bits per heavy atom.